The molecule has 3 N–H and O–H groups in total. The molecule has 3 heterocycles. The molecule has 2 amide bonds. The van der Waals surface area contributed by atoms with E-state index >= 15 is 0 Å². The van der Waals surface area contributed by atoms with Crippen molar-refractivity contribution in [3.05, 3.63) is 79.1 Å². The van der Waals surface area contributed by atoms with E-state index in [1.807, 2.05) is 84.6 Å². The van der Waals surface area contributed by atoms with Crippen LogP contribution in [0.25, 0.3) is 22.2 Å². The third-order valence-electron chi connectivity index (χ3n) is 6.48. The number of hydrogen-bond acceptors (Lipinski definition) is 8. The van der Waals surface area contributed by atoms with Crippen molar-refractivity contribution in [1.82, 2.24) is 24.8 Å². The maximum Gasteiger partial charge on any atom is 0.248 e. The van der Waals surface area contributed by atoms with Gasteiger partial charge in [0.15, 0.2) is 0 Å². The molecule has 2 aromatic carbocycles. The van der Waals surface area contributed by atoms with Crippen molar-refractivity contribution < 1.29 is 9.59 Å². The summed E-state index contributed by atoms with van der Waals surface area (Å²) in [6.45, 7) is 3.72. The molecule has 0 unspecified atom stereocenters. The van der Waals surface area contributed by atoms with Gasteiger partial charge in [-0.15, -0.1) is 0 Å². The fraction of sp³-hybridized carbons (Fsp3) is 0.233. The first-order valence-corrected chi connectivity index (χ1v) is 13.1. The lowest BCUT2D eigenvalue weighted by Gasteiger charge is -2.39. The van der Waals surface area contributed by atoms with Crippen molar-refractivity contribution in [2.75, 3.05) is 49.7 Å². The highest BCUT2D eigenvalue weighted by Gasteiger charge is 2.28. The van der Waals surface area contributed by atoms with Crippen molar-refractivity contribution in [3.63, 3.8) is 0 Å². The van der Waals surface area contributed by atoms with Crippen molar-refractivity contribution in [2.45, 2.75) is 13.0 Å². The zero-order valence-corrected chi connectivity index (χ0v) is 22.8. The van der Waals surface area contributed by atoms with Gasteiger partial charge in [0, 0.05) is 73.0 Å². The highest BCUT2D eigenvalue weighted by atomic mass is 16.2. The molecule has 40 heavy (non-hydrogen) atoms. The molecular weight excluding hydrogens is 504 g/mol. The molecule has 10 heteroatoms. The largest absolute Gasteiger partial charge is 0.379 e. The number of nitrogens with one attached hydrogen (secondary N) is 3. The molecule has 1 aliphatic rings. The Kier molecular flexibility index (Phi) is 7.97. The van der Waals surface area contributed by atoms with Gasteiger partial charge in [-0.05, 0) is 56.6 Å². The Bertz CT molecular complexity index is 1550. The van der Waals surface area contributed by atoms with Gasteiger partial charge in [-0.3, -0.25) is 14.6 Å². The average Bonchev–Trinajstić information content (AvgIpc) is 2.90. The van der Waals surface area contributed by atoms with Gasteiger partial charge in [-0.1, -0.05) is 18.2 Å². The summed E-state index contributed by atoms with van der Waals surface area (Å²) >= 11 is 0. The van der Waals surface area contributed by atoms with Crippen LogP contribution in [0.1, 0.15) is 6.92 Å². The summed E-state index contributed by atoms with van der Waals surface area (Å²) < 4.78 is 0. The van der Waals surface area contributed by atoms with E-state index in [1.54, 1.807) is 19.3 Å². The van der Waals surface area contributed by atoms with Crippen molar-refractivity contribution in [1.29, 1.82) is 0 Å². The zero-order chi connectivity index (χ0) is 28.1. The Labute approximate surface area is 233 Å². The second-order valence-electron chi connectivity index (χ2n) is 9.99. The quantitative estimate of drug-likeness (QED) is 0.274. The number of amides is 2. The Hall–Kier alpha value is -4.83. The number of hydrogen-bond donors (Lipinski definition) is 3. The smallest absolute Gasteiger partial charge is 0.248 e. The lowest BCUT2D eigenvalue weighted by atomic mass is 10.1. The summed E-state index contributed by atoms with van der Waals surface area (Å²) in [5.74, 6) is 0.370. The predicted octanol–water partition coefficient (Wildman–Crippen LogP) is 4.13. The number of aromatic nitrogens is 3. The molecule has 4 aromatic rings. The molecule has 0 aliphatic carbocycles. The number of benzene rings is 2. The van der Waals surface area contributed by atoms with Crippen LogP contribution in [0.3, 0.4) is 0 Å². The van der Waals surface area contributed by atoms with Crippen LogP contribution in [-0.2, 0) is 9.59 Å². The third-order valence-corrected chi connectivity index (χ3v) is 6.48. The molecule has 1 fully saturated rings. The highest BCUT2D eigenvalue weighted by Crippen LogP contribution is 2.28. The van der Waals surface area contributed by atoms with Crippen LogP contribution >= 0.6 is 0 Å². The fourth-order valence-corrected chi connectivity index (χ4v) is 4.37. The second kappa shape index (κ2) is 11.9. The first-order chi connectivity index (χ1) is 19.3. The van der Waals surface area contributed by atoms with E-state index < -0.39 is 0 Å². The third kappa shape index (κ3) is 6.59. The number of pyridine rings is 1. The molecule has 0 saturated carbocycles. The monoisotopic (exact) mass is 536 g/mol. The second-order valence-corrected chi connectivity index (χ2v) is 9.99. The minimum atomic E-state index is -0.189. The van der Waals surface area contributed by atoms with Gasteiger partial charge < -0.3 is 25.8 Å². The minimum Gasteiger partial charge on any atom is -0.379 e. The normalized spacial score (nSPS) is 13.4. The van der Waals surface area contributed by atoms with Crippen molar-refractivity contribution in [3.8, 4) is 11.3 Å². The summed E-state index contributed by atoms with van der Waals surface area (Å²) in [5, 5.41) is 10.5. The molecule has 5 rings (SSSR count). The number of nitrogens with zero attached hydrogens (tertiary/aromatic N) is 5. The Morgan fingerprint density at radius 2 is 1.80 bits per heavy atom. The predicted molar refractivity (Wildman–Crippen MR) is 158 cm³/mol. The Morgan fingerprint density at radius 3 is 2.55 bits per heavy atom. The van der Waals surface area contributed by atoms with E-state index in [4.69, 9.17) is 4.98 Å². The van der Waals surface area contributed by atoms with E-state index in [0.717, 1.165) is 35.4 Å². The van der Waals surface area contributed by atoms with Crippen LogP contribution < -0.4 is 16.0 Å². The van der Waals surface area contributed by atoms with Gasteiger partial charge in [0.2, 0.25) is 17.8 Å². The molecule has 0 radical (unpaired) electrons. The maximum absolute atomic E-state index is 12.3. The number of rotatable bonds is 9. The van der Waals surface area contributed by atoms with Crippen molar-refractivity contribution in [2.24, 2.45) is 0 Å². The average molecular weight is 537 g/mol. The van der Waals surface area contributed by atoms with Crippen LogP contribution in [0.5, 0.6) is 0 Å². The van der Waals surface area contributed by atoms with E-state index in [9.17, 15) is 9.59 Å². The first kappa shape index (κ1) is 26.8. The summed E-state index contributed by atoms with van der Waals surface area (Å²) in [5.41, 5.74) is 4.74. The first-order valence-electron chi connectivity index (χ1n) is 13.1. The number of likely N-dealkylation sites (N-methyl/N-ethyl adjacent to an activating group) is 1. The van der Waals surface area contributed by atoms with Crippen LogP contribution in [-0.4, -0.2) is 76.3 Å². The number of fused-ring (bicyclic) bond motifs is 1. The lowest BCUT2D eigenvalue weighted by Crippen LogP contribution is -2.56. The van der Waals surface area contributed by atoms with E-state index in [-0.39, 0.29) is 17.9 Å². The number of anilines is 4. The van der Waals surface area contributed by atoms with Crippen molar-refractivity contribution >= 4 is 45.7 Å². The molecule has 1 aliphatic heterocycles. The number of carbonyl (C=O) groups is 2. The summed E-state index contributed by atoms with van der Waals surface area (Å²) in [6, 6.07) is 17.6. The van der Waals surface area contributed by atoms with Gasteiger partial charge >= 0.3 is 0 Å². The summed E-state index contributed by atoms with van der Waals surface area (Å²) in [4.78, 5) is 41.4. The molecule has 204 valence electrons. The number of likely N-dealkylation sites (tertiary alicyclic amines) is 1. The van der Waals surface area contributed by atoms with E-state index in [2.05, 4.69) is 25.9 Å². The molecule has 2 aromatic heterocycles. The molecule has 0 spiro atoms. The van der Waals surface area contributed by atoms with Crippen LogP contribution in [0, 0.1) is 0 Å². The Balaban J connectivity index is 1.29. The van der Waals surface area contributed by atoms with Gasteiger partial charge in [0.1, 0.15) is 5.52 Å². The van der Waals surface area contributed by atoms with Gasteiger partial charge in [-0.25, -0.2) is 9.97 Å². The summed E-state index contributed by atoms with van der Waals surface area (Å²) in [6.07, 6.45) is 6.85. The standard InChI is InChI=1S/C30H32N8O2/c1-20(39)38-18-26(19-38)33-23-9-11-24(12-10-23)35-30-32-17-22-13-14-31-28(29(22)36-30)21-6-4-7-25(16-21)34-27(40)8-5-15-37(2)3/h4-14,16-17,26,33H,15,18-19H2,1-3H3,(H,34,40)(H,32,35,36)/b8-5+. The van der Waals surface area contributed by atoms with E-state index in [0.29, 0.717) is 29.4 Å². The molecular formula is C30H32N8O2. The number of carbonyl (C=O) groups excluding carboxylic acids is 2. The van der Waals surface area contributed by atoms with Crippen LogP contribution in [0.2, 0.25) is 0 Å². The van der Waals surface area contributed by atoms with Gasteiger partial charge in [0.05, 0.1) is 11.7 Å². The zero-order valence-electron chi connectivity index (χ0n) is 22.8. The van der Waals surface area contributed by atoms with Gasteiger partial charge in [0.25, 0.3) is 0 Å². The Morgan fingerprint density at radius 1 is 1.02 bits per heavy atom. The van der Waals surface area contributed by atoms with Crippen LogP contribution in [0.15, 0.2) is 79.1 Å². The maximum atomic E-state index is 12.3. The van der Waals surface area contributed by atoms with E-state index in [1.165, 1.54) is 6.08 Å². The van der Waals surface area contributed by atoms with Gasteiger partial charge in [-0.2, -0.15) is 0 Å². The fourth-order valence-electron chi connectivity index (χ4n) is 4.37. The SMILES string of the molecule is CC(=O)N1CC(Nc2ccc(Nc3ncc4ccnc(-c5cccc(NC(=O)/C=C/CN(C)C)c5)c4n3)cc2)C1. The minimum absolute atomic E-state index is 0.106. The highest BCUT2D eigenvalue weighted by molar-refractivity contribution is 6.00. The summed E-state index contributed by atoms with van der Waals surface area (Å²) in [7, 11) is 3.89. The lowest BCUT2D eigenvalue weighted by molar-refractivity contribution is -0.132. The topological polar surface area (TPSA) is 115 Å². The van der Waals surface area contributed by atoms with Crippen LogP contribution in [0.4, 0.5) is 23.0 Å². The molecule has 1 saturated heterocycles. The molecule has 10 nitrogen and oxygen atoms in total. The molecule has 0 atom stereocenters. The molecule has 0 bridgehead atoms.